The van der Waals surface area contributed by atoms with Crippen LogP contribution in [0, 0.1) is 12.8 Å². The van der Waals surface area contributed by atoms with E-state index in [4.69, 9.17) is 15.2 Å². The van der Waals surface area contributed by atoms with Crippen molar-refractivity contribution in [3.63, 3.8) is 0 Å². The van der Waals surface area contributed by atoms with Gasteiger partial charge in [-0.2, -0.15) is 0 Å². The van der Waals surface area contributed by atoms with Gasteiger partial charge in [0, 0.05) is 13.1 Å². The van der Waals surface area contributed by atoms with Gasteiger partial charge in [-0.15, -0.1) is 0 Å². The first-order valence-corrected chi connectivity index (χ1v) is 6.88. The molecule has 0 spiro atoms. The molecule has 0 fully saturated rings. The average molecular weight is 264 g/mol. The smallest absolute Gasteiger partial charge is 0.231 e. The van der Waals surface area contributed by atoms with Crippen molar-refractivity contribution in [2.24, 2.45) is 11.7 Å². The Morgan fingerprint density at radius 1 is 1.32 bits per heavy atom. The SMILES string of the molecule is Cc1cc2c(cc1CN(C)CC(C)CCN)OCO2. The molecule has 0 radical (unpaired) electrons. The van der Waals surface area contributed by atoms with E-state index in [2.05, 4.69) is 37.9 Å². The fraction of sp³-hybridized carbons (Fsp3) is 0.600. The van der Waals surface area contributed by atoms with Gasteiger partial charge in [-0.1, -0.05) is 6.92 Å². The van der Waals surface area contributed by atoms with Crippen molar-refractivity contribution in [2.75, 3.05) is 26.9 Å². The number of ether oxygens (including phenoxy) is 2. The number of benzene rings is 1. The molecule has 0 aliphatic carbocycles. The van der Waals surface area contributed by atoms with E-state index in [0.29, 0.717) is 12.7 Å². The molecule has 1 aliphatic heterocycles. The van der Waals surface area contributed by atoms with Gasteiger partial charge in [-0.3, -0.25) is 0 Å². The fourth-order valence-corrected chi connectivity index (χ4v) is 2.52. The van der Waals surface area contributed by atoms with Crippen molar-refractivity contribution in [3.8, 4) is 11.5 Å². The monoisotopic (exact) mass is 264 g/mol. The highest BCUT2D eigenvalue weighted by Gasteiger charge is 2.16. The predicted molar refractivity (Wildman–Crippen MR) is 76.5 cm³/mol. The third-order valence-corrected chi connectivity index (χ3v) is 3.55. The van der Waals surface area contributed by atoms with Crippen LogP contribution in [-0.4, -0.2) is 31.8 Å². The number of hydrogen-bond acceptors (Lipinski definition) is 4. The van der Waals surface area contributed by atoms with Gasteiger partial charge in [0.25, 0.3) is 0 Å². The Balaban J connectivity index is 1.99. The van der Waals surface area contributed by atoms with E-state index in [9.17, 15) is 0 Å². The Labute approximate surface area is 115 Å². The number of nitrogens with zero attached hydrogens (tertiary/aromatic N) is 1. The van der Waals surface area contributed by atoms with Crippen LogP contribution in [0.1, 0.15) is 24.5 Å². The zero-order valence-corrected chi connectivity index (χ0v) is 12.1. The minimum absolute atomic E-state index is 0.335. The first kappa shape index (κ1) is 14.2. The Kier molecular flexibility index (Phi) is 4.66. The topological polar surface area (TPSA) is 47.7 Å². The van der Waals surface area contributed by atoms with Crippen LogP contribution in [0.3, 0.4) is 0 Å². The zero-order valence-electron chi connectivity index (χ0n) is 12.1. The Morgan fingerprint density at radius 3 is 2.68 bits per heavy atom. The maximum atomic E-state index is 5.59. The van der Waals surface area contributed by atoms with Gasteiger partial charge < -0.3 is 20.1 Å². The molecule has 0 saturated heterocycles. The first-order chi connectivity index (χ1) is 9.10. The lowest BCUT2D eigenvalue weighted by molar-refractivity contribution is 0.174. The molecule has 1 aromatic rings. The largest absolute Gasteiger partial charge is 0.454 e. The summed E-state index contributed by atoms with van der Waals surface area (Å²) in [4.78, 5) is 2.34. The second kappa shape index (κ2) is 6.26. The van der Waals surface area contributed by atoms with Gasteiger partial charge in [-0.25, -0.2) is 0 Å². The molecule has 0 saturated carbocycles. The van der Waals surface area contributed by atoms with Crippen LogP contribution < -0.4 is 15.2 Å². The molecule has 0 amide bonds. The third-order valence-electron chi connectivity index (χ3n) is 3.55. The zero-order chi connectivity index (χ0) is 13.8. The Bertz CT molecular complexity index is 434. The third kappa shape index (κ3) is 3.61. The van der Waals surface area contributed by atoms with Crippen molar-refractivity contribution in [2.45, 2.75) is 26.8 Å². The van der Waals surface area contributed by atoms with Crippen LogP contribution in [-0.2, 0) is 6.54 Å². The molecule has 1 aromatic carbocycles. The van der Waals surface area contributed by atoms with Crippen LogP contribution in [0.4, 0.5) is 0 Å². The van der Waals surface area contributed by atoms with Gasteiger partial charge >= 0.3 is 0 Å². The molecular formula is C15H24N2O2. The molecule has 1 heterocycles. The van der Waals surface area contributed by atoms with Gasteiger partial charge in [0.1, 0.15) is 0 Å². The second-order valence-electron chi connectivity index (χ2n) is 5.51. The molecule has 1 unspecified atom stereocenters. The first-order valence-electron chi connectivity index (χ1n) is 6.88. The normalized spacial score (nSPS) is 15.0. The molecule has 1 aliphatic rings. The summed E-state index contributed by atoms with van der Waals surface area (Å²) >= 11 is 0. The van der Waals surface area contributed by atoms with Crippen LogP contribution in [0.25, 0.3) is 0 Å². The predicted octanol–water partition coefficient (Wildman–Crippen LogP) is 2.14. The highest BCUT2D eigenvalue weighted by Crippen LogP contribution is 2.34. The highest BCUT2D eigenvalue weighted by molar-refractivity contribution is 5.48. The summed E-state index contributed by atoms with van der Waals surface area (Å²) in [6.07, 6.45) is 1.07. The van der Waals surface area contributed by atoms with E-state index in [0.717, 1.165) is 37.6 Å². The lowest BCUT2D eigenvalue weighted by Gasteiger charge is -2.22. The van der Waals surface area contributed by atoms with E-state index in [1.807, 2.05) is 0 Å². The summed E-state index contributed by atoms with van der Waals surface area (Å²) in [6.45, 7) is 7.45. The average Bonchev–Trinajstić information content (AvgIpc) is 2.76. The van der Waals surface area contributed by atoms with Gasteiger partial charge in [-0.05, 0) is 56.1 Å². The maximum Gasteiger partial charge on any atom is 0.231 e. The van der Waals surface area contributed by atoms with Crippen molar-refractivity contribution in [1.29, 1.82) is 0 Å². The summed E-state index contributed by atoms with van der Waals surface area (Å²) in [5.41, 5.74) is 8.14. The minimum atomic E-state index is 0.335. The minimum Gasteiger partial charge on any atom is -0.454 e. The molecule has 19 heavy (non-hydrogen) atoms. The summed E-state index contributed by atoms with van der Waals surface area (Å²) in [6, 6.07) is 4.16. The van der Waals surface area contributed by atoms with Crippen molar-refractivity contribution < 1.29 is 9.47 Å². The fourth-order valence-electron chi connectivity index (χ4n) is 2.52. The number of nitrogens with two attached hydrogens (primary N) is 1. The molecule has 1 atom stereocenters. The summed E-state index contributed by atoms with van der Waals surface area (Å²) in [7, 11) is 2.15. The summed E-state index contributed by atoms with van der Waals surface area (Å²) < 4.78 is 10.8. The lowest BCUT2D eigenvalue weighted by Crippen LogP contribution is -2.25. The van der Waals surface area contributed by atoms with Crippen molar-refractivity contribution in [3.05, 3.63) is 23.3 Å². The number of rotatable bonds is 6. The lowest BCUT2D eigenvalue weighted by atomic mass is 10.1. The number of hydrogen-bond donors (Lipinski definition) is 1. The molecule has 0 bridgehead atoms. The highest BCUT2D eigenvalue weighted by atomic mass is 16.7. The molecule has 0 aromatic heterocycles. The van der Waals surface area contributed by atoms with E-state index >= 15 is 0 Å². The van der Waals surface area contributed by atoms with Crippen LogP contribution in [0.2, 0.25) is 0 Å². The molecule has 2 rings (SSSR count). The molecule has 106 valence electrons. The second-order valence-corrected chi connectivity index (χ2v) is 5.51. The van der Waals surface area contributed by atoms with Gasteiger partial charge in [0.15, 0.2) is 11.5 Å². The quantitative estimate of drug-likeness (QED) is 0.855. The van der Waals surface area contributed by atoms with Gasteiger partial charge in [0.2, 0.25) is 6.79 Å². The molecular weight excluding hydrogens is 240 g/mol. The maximum absolute atomic E-state index is 5.59. The number of aryl methyl sites for hydroxylation is 1. The van der Waals surface area contributed by atoms with Crippen LogP contribution >= 0.6 is 0 Å². The van der Waals surface area contributed by atoms with E-state index in [-0.39, 0.29) is 0 Å². The standard InChI is InChI=1S/C15H24N2O2/c1-11(4-5-16)8-17(3)9-13-7-15-14(6-12(13)2)18-10-19-15/h6-7,11H,4-5,8-10,16H2,1-3H3. The Hall–Kier alpha value is -1.26. The molecule has 4 nitrogen and oxygen atoms in total. The van der Waals surface area contributed by atoms with Crippen molar-refractivity contribution in [1.82, 2.24) is 4.90 Å². The molecule has 4 heteroatoms. The number of fused-ring (bicyclic) bond motifs is 1. The van der Waals surface area contributed by atoms with E-state index in [1.165, 1.54) is 11.1 Å². The van der Waals surface area contributed by atoms with Crippen LogP contribution in [0.15, 0.2) is 12.1 Å². The van der Waals surface area contributed by atoms with E-state index < -0.39 is 0 Å². The van der Waals surface area contributed by atoms with Crippen LogP contribution in [0.5, 0.6) is 11.5 Å². The molecule has 2 N–H and O–H groups in total. The van der Waals surface area contributed by atoms with Gasteiger partial charge in [0.05, 0.1) is 0 Å². The van der Waals surface area contributed by atoms with Crippen molar-refractivity contribution >= 4 is 0 Å². The summed E-state index contributed by atoms with van der Waals surface area (Å²) in [5.74, 6) is 2.36. The Morgan fingerprint density at radius 2 is 2.00 bits per heavy atom. The summed E-state index contributed by atoms with van der Waals surface area (Å²) in [5, 5.41) is 0. The van der Waals surface area contributed by atoms with E-state index in [1.54, 1.807) is 0 Å².